The summed E-state index contributed by atoms with van der Waals surface area (Å²) in [6.07, 6.45) is 3.44. The number of hydrogen-bond donors (Lipinski definition) is 0. The maximum absolute atomic E-state index is 12.8. The van der Waals surface area contributed by atoms with E-state index in [1.165, 1.54) is 12.1 Å². The first-order chi connectivity index (χ1) is 7.75. The number of hydrogen-bond acceptors (Lipinski definition) is 2. The Morgan fingerprint density at radius 3 is 2.62 bits per heavy atom. The lowest BCUT2D eigenvalue weighted by atomic mass is 10.2. The van der Waals surface area contributed by atoms with Crippen molar-refractivity contribution in [2.45, 2.75) is 13.5 Å². The third kappa shape index (κ3) is 2.57. The molecule has 0 amide bonds. The van der Waals surface area contributed by atoms with Gasteiger partial charge in [0.1, 0.15) is 18.2 Å². The first kappa shape index (κ1) is 10.6. The number of halogens is 1. The predicted molar refractivity (Wildman–Crippen MR) is 59.7 cm³/mol. The highest BCUT2D eigenvalue weighted by Crippen LogP contribution is 2.19. The average molecular weight is 217 g/mol. The minimum absolute atomic E-state index is 0.242. The summed E-state index contributed by atoms with van der Waals surface area (Å²) in [4.78, 5) is 3.92. The largest absolute Gasteiger partial charge is 0.489 e. The maximum atomic E-state index is 12.8. The molecule has 2 nitrogen and oxygen atoms in total. The number of aryl methyl sites for hydroxylation is 1. The highest BCUT2D eigenvalue weighted by molar-refractivity contribution is 5.32. The van der Waals surface area contributed by atoms with Crippen molar-refractivity contribution in [3.8, 4) is 5.75 Å². The lowest BCUT2D eigenvalue weighted by Crippen LogP contribution is -1.97. The molecule has 2 rings (SSSR count). The van der Waals surface area contributed by atoms with Gasteiger partial charge in [0, 0.05) is 12.4 Å². The van der Waals surface area contributed by atoms with Gasteiger partial charge in [0.05, 0.1) is 0 Å². The van der Waals surface area contributed by atoms with Gasteiger partial charge in [-0.25, -0.2) is 4.39 Å². The van der Waals surface area contributed by atoms with Crippen LogP contribution in [-0.4, -0.2) is 4.98 Å². The summed E-state index contributed by atoms with van der Waals surface area (Å²) in [6.45, 7) is 2.29. The zero-order valence-electron chi connectivity index (χ0n) is 8.98. The van der Waals surface area contributed by atoms with E-state index in [-0.39, 0.29) is 5.82 Å². The fraction of sp³-hybridized carbons (Fsp3) is 0.154. The molecule has 0 atom stereocenters. The van der Waals surface area contributed by atoms with Crippen molar-refractivity contribution in [1.29, 1.82) is 0 Å². The molecular formula is C13H12FNO. The molecule has 0 saturated heterocycles. The number of pyridine rings is 1. The molecule has 3 heteroatoms. The molecule has 0 bridgehead atoms. The number of nitrogens with zero attached hydrogens (tertiary/aromatic N) is 1. The molecule has 0 N–H and O–H groups in total. The van der Waals surface area contributed by atoms with Crippen molar-refractivity contribution in [2.24, 2.45) is 0 Å². The monoisotopic (exact) mass is 217 g/mol. The lowest BCUT2D eigenvalue weighted by Gasteiger charge is -2.08. The summed E-state index contributed by atoms with van der Waals surface area (Å²) in [7, 11) is 0. The number of aromatic nitrogens is 1. The van der Waals surface area contributed by atoms with Crippen LogP contribution in [-0.2, 0) is 6.61 Å². The Balaban J connectivity index is 2.05. The van der Waals surface area contributed by atoms with Gasteiger partial charge in [-0.1, -0.05) is 0 Å². The van der Waals surface area contributed by atoms with Crippen molar-refractivity contribution in [3.63, 3.8) is 0 Å². The molecule has 0 aliphatic rings. The van der Waals surface area contributed by atoms with Crippen LogP contribution < -0.4 is 4.74 Å². The molecular weight excluding hydrogens is 205 g/mol. The second kappa shape index (κ2) is 4.75. The van der Waals surface area contributed by atoms with E-state index >= 15 is 0 Å². The van der Waals surface area contributed by atoms with Gasteiger partial charge in [-0.05, 0) is 48.4 Å². The number of benzene rings is 1. The SMILES string of the molecule is Cc1cc(F)ccc1OCc1ccncc1. The smallest absolute Gasteiger partial charge is 0.123 e. The summed E-state index contributed by atoms with van der Waals surface area (Å²) >= 11 is 0. The molecule has 0 unspecified atom stereocenters. The van der Waals surface area contributed by atoms with E-state index in [9.17, 15) is 4.39 Å². The van der Waals surface area contributed by atoms with Crippen molar-refractivity contribution in [2.75, 3.05) is 0 Å². The Labute approximate surface area is 93.7 Å². The molecule has 0 saturated carbocycles. The van der Waals surface area contributed by atoms with Crippen molar-refractivity contribution >= 4 is 0 Å². The minimum atomic E-state index is -0.242. The maximum Gasteiger partial charge on any atom is 0.123 e. The summed E-state index contributed by atoms with van der Waals surface area (Å²) in [5.74, 6) is 0.465. The van der Waals surface area contributed by atoms with E-state index in [4.69, 9.17) is 4.74 Å². The van der Waals surface area contributed by atoms with Crippen LogP contribution in [0.15, 0.2) is 42.7 Å². The quantitative estimate of drug-likeness (QED) is 0.788. The fourth-order valence-corrected chi connectivity index (χ4v) is 1.41. The Hall–Kier alpha value is -1.90. The third-order valence-electron chi connectivity index (χ3n) is 2.28. The van der Waals surface area contributed by atoms with E-state index in [1.54, 1.807) is 18.5 Å². The Bertz CT molecular complexity index is 471. The topological polar surface area (TPSA) is 22.1 Å². The van der Waals surface area contributed by atoms with Gasteiger partial charge in [0.15, 0.2) is 0 Å². The van der Waals surface area contributed by atoms with Crippen molar-refractivity contribution < 1.29 is 9.13 Å². The highest BCUT2D eigenvalue weighted by atomic mass is 19.1. The van der Waals surface area contributed by atoms with Gasteiger partial charge in [-0.15, -0.1) is 0 Å². The molecule has 82 valence electrons. The molecule has 0 aliphatic heterocycles. The van der Waals surface area contributed by atoms with E-state index < -0.39 is 0 Å². The van der Waals surface area contributed by atoms with Gasteiger partial charge < -0.3 is 4.74 Å². The van der Waals surface area contributed by atoms with Gasteiger partial charge in [0.25, 0.3) is 0 Å². The average Bonchev–Trinajstić information content (AvgIpc) is 2.29. The molecule has 1 aromatic carbocycles. The zero-order valence-corrected chi connectivity index (χ0v) is 8.98. The van der Waals surface area contributed by atoms with Gasteiger partial charge in [0.2, 0.25) is 0 Å². The lowest BCUT2D eigenvalue weighted by molar-refractivity contribution is 0.303. The van der Waals surface area contributed by atoms with E-state index in [0.717, 1.165) is 11.1 Å². The molecule has 0 spiro atoms. The minimum Gasteiger partial charge on any atom is -0.489 e. The molecule has 2 aromatic rings. The van der Waals surface area contributed by atoms with E-state index in [0.29, 0.717) is 12.4 Å². The van der Waals surface area contributed by atoms with Crippen LogP contribution in [0.2, 0.25) is 0 Å². The molecule has 1 heterocycles. The van der Waals surface area contributed by atoms with Crippen molar-refractivity contribution in [3.05, 3.63) is 59.7 Å². The van der Waals surface area contributed by atoms with Crippen LogP contribution in [0.1, 0.15) is 11.1 Å². The fourth-order valence-electron chi connectivity index (χ4n) is 1.41. The number of rotatable bonds is 3. The second-order valence-electron chi connectivity index (χ2n) is 3.55. The molecule has 0 aliphatic carbocycles. The zero-order chi connectivity index (χ0) is 11.4. The van der Waals surface area contributed by atoms with Crippen LogP contribution >= 0.6 is 0 Å². The van der Waals surface area contributed by atoms with Crippen LogP contribution in [0.4, 0.5) is 4.39 Å². The Morgan fingerprint density at radius 2 is 1.94 bits per heavy atom. The van der Waals surface area contributed by atoms with Crippen LogP contribution in [0, 0.1) is 12.7 Å². The van der Waals surface area contributed by atoms with Gasteiger partial charge in [-0.2, -0.15) is 0 Å². The summed E-state index contributed by atoms with van der Waals surface area (Å²) in [6, 6.07) is 8.28. The standard InChI is InChI=1S/C13H12FNO/c1-10-8-12(14)2-3-13(10)16-9-11-4-6-15-7-5-11/h2-8H,9H2,1H3. The van der Waals surface area contributed by atoms with Crippen molar-refractivity contribution in [1.82, 2.24) is 4.98 Å². The summed E-state index contributed by atoms with van der Waals surface area (Å²) in [5.41, 5.74) is 1.84. The first-order valence-corrected chi connectivity index (χ1v) is 5.03. The Kier molecular flexibility index (Phi) is 3.15. The van der Waals surface area contributed by atoms with E-state index in [2.05, 4.69) is 4.98 Å². The molecule has 1 aromatic heterocycles. The molecule has 0 radical (unpaired) electrons. The number of ether oxygens (including phenoxy) is 1. The van der Waals surface area contributed by atoms with Crippen LogP contribution in [0.25, 0.3) is 0 Å². The molecule has 16 heavy (non-hydrogen) atoms. The molecule has 0 fully saturated rings. The normalized spacial score (nSPS) is 10.1. The van der Waals surface area contributed by atoms with Crippen LogP contribution in [0.5, 0.6) is 5.75 Å². The van der Waals surface area contributed by atoms with E-state index in [1.807, 2.05) is 19.1 Å². The first-order valence-electron chi connectivity index (χ1n) is 5.03. The van der Waals surface area contributed by atoms with Crippen LogP contribution in [0.3, 0.4) is 0 Å². The third-order valence-corrected chi connectivity index (χ3v) is 2.28. The summed E-state index contributed by atoms with van der Waals surface area (Å²) in [5, 5.41) is 0. The predicted octanol–water partition coefficient (Wildman–Crippen LogP) is 3.11. The highest BCUT2D eigenvalue weighted by Gasteiger charge is 2.01. The van der Waals surface area contributed by atoms with Gasteiger partial charge in [-0.3, -0.25) is 4.98 Å². The second-order valence-corrected chi connectivity index (χ2v) is 3.55. The van der Waals surface area contributed by atoms with Gasteiger partial charge >= 0.3 is 0 Å². The summed E-state index contributed by atoms with van der Waals surface area (Å²) < 4.78 is 18.4. The Morgan fingerprint density at radius 1 is 1.19 bits per heavy atom.